The quantitative estimate of drug-likeness (QED) is 0.644. The molecule has 4 rings (SSSR count). The molecule has 9 nitrogen and oxygen atoms in total. The average Bonchev–Trinajstić information content (AvgIpc) is 3.25. The summed E-state index contributed by atoms with van der Waals surface area (Å²) in [5.74, 6) is 0.977. The van der Waals surface area contributed by atoms with Gasteiger partial charge in [0.1, 0.15) is 4.90 Å². The lowest BCUT2D eigenvalue weighted by Gasteiger charge is -2.35. The molecule has 2 aliphatic rings. The van der Waals surface area contributed by atoms with Gasteiger partial charge in [-0.1, -0.05) is 13.0 Å². The zero-order valence-corrected chi connectivity index (χ0v) is 19.1. The first-order valence-corrected chi connectivity index (χ1v) is 12.1. The predicted molar refractivity (Wildman–Crippen MR) is 121 cm³/mol. The number of rotatable bonds is 7. The van der Waals surface area contributed by atoms with E-state index in [0.29, 0.717) is 22.7 Å². The summed E-state index contributed by atoms with van der Waals surface area (Å²) < 4.78 is 39.1. The Bertz CT molecular complexity index is 1100. The van der Waals surface area contributed by atoms with Gasteiger partial charge in [0.2, 0.25) is 16.8 Å². The number of fused-ring (bicyclic) bond motifs is 1. The molecule has 0 unspecified atom stereocenters. The molecule has 32 heavy (non-hydrogen) atoms. The third kappa shape index (κ3) is 4.82. The predicted octanol–water partition coefficient (Wildman–Crippen LogP) is 1.40. The third-order valence-electron chi connectivity index (χ3n) is 5.58. The number of sulfonamides is 1. The van der Waals surface area contributed by atoms with Gasteiger partial charge >= 0.3 is 0 Å². The maximum absolute atomic E-state index is 12.9. The van der Waals surface area contributed by atoms with Gasteiger partial charge in [0, 0.05) is 44.8 Å². The van der Waals surface area contributed by atoms with Crippen molar-refractivity contribution in [3.8, 4) is 11.5 Å². The van der Waals surface area contributed by atoms with Crippen molar-refractivity contribution in [2.24, 2.45) is 0 Å². The number of carbonyl (C=O) groups is 1. The van der Waals surface area contributed by atoms with Crippen LogP contribution in [-0.4, -0.2) is 65.8 Å². The molecule has 1 fully saturated rings. The minimum absolute atomic E-state index is 0.125. The summed E-state index contributed by atoms with van der Waals surface area (Å²) in [7, 11) is -1.71. The van der Waals surface area contributed by atoms with Crippen LogP contribution in [-0.2, 0) is 16.6 Å². The lowest BCUT2D eigenvalue weighted by atomic mass is 10.1. The van der Waals surface area contributed by atoms with Gasteiger partial charge in [-0.25, -0.2) is 13.1 Å². The summed E-state index contributed by atoms with van der Waals surface area (Å²) in [4.78, 5) is 17.2. The number of carbonyl (C=O) groups excluding carboxylic acids is 1. The fraction of sp³-hybridized carbons (Fsp3) is 0.409. The van der Waals surface area contributed by atoms with E-state index in [4.69, 9.17) is 9.47 Å². The fourth-order valence-corrected chi connectivity index (χ4v) is 5.07. The van der Waals surface area contributed by atoms with Crippen LogP contribution < -0.4 is 24.4 Å². The molecule has 0 aliphatic carbocycles. The Labute approximate surface area is 188 Å². The standard InChI is InChI=1S/C22H28N4O5S/c1-3-24-32(28,29)21-13-17(5-6-18(21)26-10-8-25(2)9-11-26)22(27)23-14-16-4-7-19-20(12-16)31-15-30-19/h4-7,12-13,24H,3,8-11,14-15H2,1-2H3,(H,23,27). The summed E-state index contributed by atoms with van der Waals surface area (Å²) >= 11 is 0. The zero-order valence-electron chi connectivity index (χ0n) is 18.3. The fourth-order valence-electron chi connectivity index (χ4n) is 3.78. The van der Waals surface area contributed by atoms with E-state index in [2.05, 4.69) is 19.8 Å². The van der Waals surface area contributed by atoms with Crippen LogP contribution in [0, 0.1) is 0 Å². The van der Waals surface area contributed by atoms with E-state index in [0.717, 1.165) is 31.7 Å². The lowest BCUT2D eigenvalue weighted by molar-refractivity contribution is 0.0950. The second kappa shape index (κ2) is 9.35. The Morgan fingerprint density at radius 3 is 2.53 bits per heavy atom. The molecule has 2 heterocycles. The van der Waals surface area contributed by atoms with Gasteiger partial charge in [-0.2, -0.15) is 0 Å². The van der Waals surface area contributed by atoms with Crippen molar-refractivity contribution in [1.82, 2.24) is 14.9 Å². The summed E-state index contributed by atoms with van der Waals surface area (Å²) in [5, 5.41) is 2.85. The highest BCUT2D eigenvalue weighted by Gasteiger charge is 2.25. The van der Waals surface area contributed by atoms with Crippen LogP contribution in [0.15, 0.2) is 41.3 Å². The van der Waals surface area contributed by atoms with Crippen molar-refractivity contribution in [2.45, 2.75) is 18.4 Å². The normalized spacial score (nSPS) is 16.2. The Morgan fingerprint density at radius 2 is 1.78 bits per heavy atom. The smallest absolute Gasteiger partial charge is 0.251 e. The maximum Gasteiger partial charge on any atom is 0.251 e. The number of benzene rings is 2. The van der Waals surface area contributed by atoms with Gasteiger partial charge in [-0.3, -0.25) is 4.79 Å². The number of likely N-dealkylation sites (N-methyl/N-ethyl adjacent to an activating group) is 1. The molecule has 1 amide bonds. The molecular formula is C22H28N4O5S. The molecule has 1 saturated heterocycles. The van der Waals surface area contributed by atoms with E-state index >= 15 is 0 Å². The molecule has 0 radical (unpaired) electrons. The van der Waals surface area contributed by atoms with Gasteiger partial charge in [-0.05, 0) is 42.9 Å². The second-order valence-electron chi connectivity index (χ2n) is 7.84. The van der Waals surface area contributed by atoms with Crippen molar-refractivity contribution in [3.63, 3.8) is 0 Å². The average molecular weight is 461 g/mol. The number of hydrogen-bond donors (Lipinski definition) is 2. The van der Waals surface area contributed by atoms with E-state index < -0.39 is 10.0 Å². The summed E-state index contributed by atoms with van der Waals surface area (Å²) in [5.41, 5.74) is 1.77. The van der Waals surface area contributed by atoms with Crippen molar-refractivity contribution in [1.29, 1.82) is 0 Å². The Kier molecular flexibility index (Phi) is 6.54. The highest BCUT2D eigenvalue weighted by atomic mass is 32.2. The topological polar surface area (TPSA) is 100 Å². The molecule has 2 aromatic rings. The van der Waals surface area contributed by atoms with Gasteiger partial charge < -0.3 is 24.6 Å². The minimum atomic E-state index is -3.75. The maximum atomic E-state index is 12.9. The molecule has 0 aromatic heterocycles. The van der Waals surface area contributed by atoms with Crippen LogP contribution in [0.3, 0.4) is 0 Å². The van der Waals surface area contributed by atoms with Crippen molar-refractivity contribution >= 4 is 21.6 Å². The monoisotopic (exact) mass is 460 g/mol. The van der Waals surface area contributed by atoms with Crippen LogP contribution in [0.5, 0.6) is 11.5 Å². The van der Waals surface area contributed by atoms with Gasteiger partial charge in [0.05, 0.1) is 5.69 Å². The van der Waals surface area contributed by atoms with Crippen LogP contribution >= 0.6 is 0 Å². The molecule has 172 valence electrons. The Balaban J connectivity index is 1.55. The SMILES string of the molecule is CCNS(=O)(=O)c1cc(C(=O)NCc2ccc3c(c2)OCO3)ccc1N1CCN(C)CC1. The first-order valence-electron chi connectivity index (χ1n) is 10.6. The van der Waals surface area contributed by atoms with Gasteiger partial charge in [0.25, 0.3) is 5.91 Å². The number of nitrogens with one attached hydrogen (secondary N) is 2. The molecule has 0 bridgehead atoms. The summed E-state index contributed by atoms with van der Waals surface area (Å²) in [6, 6.07) is 10.3. The largest absolute Gasteiger partial charge is 0.454 e. The van der Waals surface area contributed by atoms with Crippen molar-refractivity contribution < 1.29 is 22.7 Å². The van der Waals surface area contributed by atoms with E-state index in [-0.39, 0.29) is 30.7 Å². The first kappa shape index (κ1) is 22.4. The number of ether oxygens (including phenoxy) is 2. The molecule has 10 heteroatoms. The molecular weight excluding hydrogens is 432 g/mol. The molecule has 2 N–H and O–H groups in total. The van der Waals surface area contributed by atoms with Crippen LogP contribution in [0.4, 0.5) is 5.69 Å². The molecule has 2 aromatic carbocycles. The summed E-state index contributed by atoms with van der Waals surface area (Å²) in [6.45, 7) is 5.61. The number of anilines is 1. The number of hydrogen-bond acceptors (Lipinski definition) is 7. The number of nitrogens with zero attached hydrogens (tertiary/aromatic N) is 2. The third-order valence-corrected chi connectivity index (χ3v) is 7.15. The van der Waals surface area contributed by atoms with Crippen molar-refractivity contribution in [3.05, 3.63) is 47.5 Å². The van der Waals surface area contributed by atoms with Crippen LogP contribution in [0.25, 0.3) is 0 Å². The summed E-state index contributed by atoms with van der Waals surface area (Å²) in [6.07, 6.45) is 0. The Morgan fingerprint density at radius 1 is 1.03 bits per heavy atom. The van der Waals surface area contributed by atoms with Crippen molar-refractivity contribution in [2.75, 3.05) is 51.5 Å². The van der Waals surface area contributed by atoms with E-state index in [1.807, 2.05) is 19.2 Å². The second-order valence-corrected chi connectivity index (χ2v) is 9.58. The highest BCUT2D eigenvalue weighted by molar-refractivity contribution is 7.89. The molecule has 0 saturated carbocycles. The highest BCUT2D eigenvalue weighted by Crippen LogP contribution is 2.32. The van der Waals surface area contributed by atoms with Crippen LogP contribution in [0.1, 0.15) is 22.8 Å². The van der Waals surface area contributed by atoms with Gasteiger partial charge in [0.15, 0.2) is 11.5 Å². The minimum Gasteiger partial charge on any atom is -0.454 e. The number of piperazine rings is 1. The van der Waals surface area contributed by atoms with Crippen LogP contribution in [0.2, 0.25) is 0 Å². The van der Waals surface area contributed by atoms with E-state index in [9.17, 15) is 13.2 Å². The first-order chi connectivity index (χ1) is 15.4. The Hall–Kier alpha value is -2.82. The molecule has 0 spiro atoms. The lowest BCUT2D eigenvalue weighted by Crippen LogP contribution is -2.45. The number of amides is 1. The molecule has 0 atom stereocenters. The molecule has 2 aliphatic heterocycles. The zero-order chi connectivity index (χ0) is 22.7. The van der Waals surface area contributed by atoms with E-state index in [1.54, 1.807) is 25.1 Å². The van der Waals surface area contributed by atoms with Gasteiger partial charge in [-0.15, -0.1) is 0 Å². The van der Waals surface area contributed by atoms with E-state index in [1.165, 1.54) is 6.07 Å².